The van der Waals surface area contributed by atoms with Gasteiger partial charge in [0.15, 0.2) is 0 Å². The number of ether oxygens (including phenoxy) is 2. The zero-order chi connectivity index (χ0) is 14.1. The summed E-state index contributed by atoms with van der Waals surface area (Å²) in [7, 11) is 3.23. The predicted molar refractivity (Wildman–Crippen MR) is 78.2 cm³/mol. The third-order valence-corrected chi connectivity index (χ3v) is 3.51. The molecule has 1 aromatic rings. The first-order valence-electron chi connectivity index (χ1n) is 6.41. The number of hydrogen-bond acceptors (Lipinski definition) is 4. The van der Waals surface area contributed by atoms with E-state index < -0.39 is 6.01 Å². The number of benzene rings is 1. The van der Waals surface area contributed by atoms with Crippen LogP contribution in [-0.2, 0) is 6.42 Å². The van der Waals surface area contributed by atoms with E-state index in [0.717, 1.165) is 53.9 Å². The first-order chi connectivity index (χ1) is 9.26. The summed E-state index contributed by atoms with van der Waals surface area (Å²) < 4.78 is 23.1. The zero-order valence-electron chi connectivity index (χ0n) is 11.8. The Balaban J connectivity index is 2.83. The van der Waals surface area contributed by atoms with Gasteiger partial charge in [-0.15, -0.1) is 0 Å². The van der Waals surface area contributed by atoms with Gasteiger partial charge >= 0.3 is 0 Å². The molecule has 0 atom stereocenters. The smallest absolute Gasteiger partial charge is 0.140 e. The van der Waals surface area contributed by atoms with Crippen molar-refractivity contribution in [2.24, 2.45) is 0 Å². The Bertz CT molecular complexity index is 388. The number of methoxy groups -OCH3 is 2. The maximum Gasteiger partial charge on any atom is 0.140 e. The van der Waals surface area contributed by atoms with Crippen LogP contribution in [0.25, 0.3) is 0 Å². The minimum absolute atomic E-state index is 0.475. The van der Waals surface area contributed by atoms with E-state index in [1.807, 2.05) is 12.1 Å². The van der Waals surface area contributed by atoms with E-state index in [2.05, 4.69) is 12.2 Å². The van der Waals surface area contributed by atoms with Crippen LogP contribution in [0.15, 0.2) is 17.0 Å². The number of hydrogen-bond donors (Lipinski definition) is 1. The monoisotopic (exact) mass is 287 g/mol. The van der Waals surface area contributed by atoms with Crippen molar-refractivity contribution < 1.29 is 13.9 Å². The van der Waals surface area contributed by atoms with Gasteiger partial charge in [-0.3, -0.25) is 0 Å². The van der Waals surface area contributed by atoms with Crippen molar-refractivity contribution in [3.8, 4) is 11.5 Å². The largest absolute Gasteiger partial charge is 0.496 e. The summed E-state index contributed by atoms with van der Waals surface area (Å²) in [5, 5.41) is 3.35. The molecule has 0 amide bonds. The van der Waals surface area contributed by atoms with E-state index in [0.29, 0.717) is 5.75 Å². The van der Waals surface area contributed by atoms with Gasteiger partial charge in [0.05, 0.1) is 19.1 Å². The molecular formula is C14H22FNO2S. The highest BCUT2D eigenvalue weighted by Gasteiger charge is 2.11. The fraction of sp³-hybridized carbons (Fsp3) is 0.571. The molecule has 1 aromatic carbocycles. The molecule has 0 saturated heterocycles. The molecule has 0 aliphatic heterocycles. The standard InChI is InChI=1S/C14H22FNO2S/c1-4-6-16-7-5-11-8-13(18-3)14(19-10-15)9-12(11)17-2/h8-9,16H,4-7,10H2,1-3H3. The molecule has 0 spiro atoms. The second-order valence-electron chi connectivity index (χ2n) is 4.07. The average molecular weight is 287 g/mol. The van der Waals surface area contributed by atoms with E-state index in [4.69, 9.17) is 9.47 Å². The van der Waals surface area contributed by atoms with Gasteiger partial charge in [0.1, 0.15) is 17.5 Å². The first kappa shape index (κ1) is 16.1. The maximum atomic E-state index is 12.5. The predicted octanol–water partition coefficient (Wildman–Crippen LogP) is 3.27. The second kappa shape index (κ2) is 9.04. The van der Waals surface area contributed by atoms with Crippen LogP contribution in [-0.4, -0.2) is 33.3 Å². The summed E-state index contributed by atoms with van der Waals surface area (Å²) in [4.78, 5) is 0.770. The zero-order valence-corrected chi connectivity index (χ0v) is 12.6. The number of nitrogens with one attached hydrogen (secondary N) is 1. The van der Waals surface area contributed by atoms with Gasteiger partial charge in [-0.1, -0.05) is 18.7 Å². The van der Waals surface area contributed by atoms with Gasteiger partial charge in [-0.05, 0) is 43.6 Å². The van der Waals surface area contributed by atoms with Crippen molar-refractivity contribution in [2.75, 3.05) is 33.3 Å². The van der Waals surface area contributed by atoms with Gasteiger partial charge in [0.25, 0.3) is 0 Å². The van der Waals surface area contributed by atoms with Gasteiger partial charge < -0.3 is 14.8 Å². The molecule has 0 aliphatic carbocycles. The molecule has 0 saturated carbocycles. The van der Waals surface area contributed by atoms with E-state index in [1.165, 1.54) is 0 Å². The van der Waals surface area contributed by atoms with Crippen LogP contribution in [0.1, 0.15) is 18.9 Å². The molecule has 3 nitrogen and oxygen atoms in total. The fourth-order valence-corrected chi connectivity index (χ4v) is 2.42. The summed E-state index contributed by atoms with van der Waals surface area (Å²) in [5.41, 5.74) is 1.08. The topological polar surface area (TPSA) is 30.5 Å². The third kappa shape index (κ3) is 4.91. The van der Waals surface area contributed by atoms with Crippen molar-refractivity contribution in [2.45, 2.75) is 24.7 Å². The van der Waals surface area contributed by atoms with Crippen LogP contribution < -0.4 is 14.8 Å². The molecule has 5 heteroatoms. The van der Waals surface area contributed by atoms with E-state index >= 15 is 0 Å². The Labute approximate surface area is 118 Å². The normalized spacial score (nSPS) is 10.5. The van der Waals surface area contributed by atoms with Crippen molar-refractivity contribution in [1.29, 1.82) is 0 Å². The summed E-state index contributed by atoms with van der Waals surface area (Å²) in [6, 6.07) is 3.31. The van der Waals surface area contributed by atoms with Crippen LogP contribution in [0.5, 0.6) is 11.5 Å². The maximum absolute atomic E-state index is 12.5. The lowest BCUT2D eigenvalue weighted by Crippen LogP contribution is -2.18. The number of thioether (sulfide) groups is 1. The lowest BCUT2D eigenvalue weighted by Gasteiger charge is -2.14. The lowest BCUT2D eigenvalue weighted by atomic mass is 10.1. The summed E-state index contributed by atoms with van der Waals surface area (Å²) in [6.07, 6.45) is 1.98. The number of halogens is 1. The molecule has 0 radical (unpaired) electrons. The number of rotatable bonds is 9. The lowest BCUT2D eigenvalue weighted by molar-refractivity contribution is 0.390. The van der Waals surface area contributed by atoms with E-state index in [-0.39, 0.29) is 0 Å². The summed E-state index contributed by atoms with van der Waals surface area (Å²) in [5.74, 6) is 1.49. The molecule has 0 aromatic heterocycles. The van der Waals surface area contributed by atoms with Crippen LogP contribution >= 0.6 is 11.8 Å². The Morgan fingerprint density at radius 2 is 1.89 bits per heavy atom. The Hall–Kier alpha value is -0.940. The molecule has 0 fully saturated rings. The van der Waals surface area contributed by atoms with Gasteiger partial charge in [0, 0.05) is 0 Å². The first-order valence-corrected chi connectivity index (χ1v) is 7.39. The van der Waals surface area contributed by atoms with Crippen LogP contribution in [0.2, 0.25) is 0 Å². The second-order valence-corrected chi connectivity index (χ2v) is 5.02. The van der Waals surface area contributed by atoms with Crippen LogP contribution in [0.4, 0.5) is 4.39 Å². The highest BCUT2D eigenvalue weighted by Crippen LogP contribution is 2.35. The van der Waals surface area contributed by atoms with Crippen LogP contribution in [0.3, 0.4) is 0 Å². The van der Waals surface area contributed by atoms with Crippen LogP contribution in [0, 0.1) is 0 Å². The average Bonchev–Trinajstić information content (AvgIpc) is 2.44. The Kier molecular flexibility index (Phi) is 7.67. The van der Waals surface area contributed by atoms with Crippen molar-refractivity contribution >= 4 is 11.8 Å². The molecule has 0 bridgehead atoms. The molecule has 1 N–H and O–H groups in total. The van der Waals surface area contributed by atoms with Gasteiger partial charge in [-0.25, -0.2) is 4.39 Å². The molecule has 0 unspecified atom stereocenters. The quantitative estimate of drug-likeness (QED) is 0.558. The van der Waals surface area contributed by atoms with E-state index in [9.17, 15) is 4.39 Å². The highest BCUT2D eigenvalue weighted by atomic mass is 32.2. The minimum Gasteiger partial charge on any atom is -0.496 e. The summed E-state index contributed by atoms with van der Waals surface area (Å²) >= 11 is 1.11. The molecular weight excluding hydrogens is 265 g/mol. The molecule has 0 heterocycles. The van der Waals surface area contributed by atoms with Crippen molar-refractivity contribution in [3.63, 3.8) is 0 Å². The molecule has 19 heavy (non-hydrogen) atoms. The highest BCUT2D eigenvalue weighted by molar-refractivity contribution is 7.99. The molecule has 108 valence electrons. The van der Waals surface area contributed by atoms with Crippen molar-refractivity contribution in [3.05, 3.63) is 17.7 Å². The molecule has 0 aliphatic rings. The Morgan fingerprint density at radius 1 is 1.16 bits per heavy atom. The number of alkyl halides is 1. The van der Waals surface area contributed by atoms with E-state index in [1.54, 1.807) is 14.2 Å². The fourth-order valence-electron chi connectivity index (χ4n) is 1.82. The minimum atomic E-state index is -0.475. The van der Waals surface area contributed by atoms with Gasteiger partial charge in [-0.2, -0.15) is 0 Å². The van der Waals surface area contributed by atoms with Gasteiger partial charge in [0.2, 0.25) is 0 Å². The Morgan fingerprint density at radius 3 is 2.47 bits per heavy atom. The third-order valence-electron chi connectivity index (χ3n) is 2.77. The SMILES string of the molecule is CCCNCCc1cc(OC)c(SCF)cc1OC. The molecule has 1 rings (SSSR count). The van der Waals surface area contributed by atoms with Crippen molar-refractivity contribution in [1.82, 2.24) is 5.32 Å². The summed E-state index contributed by atoms with van der Waals surface area (Å²) in [6.45, 7) is 4.04.